The van der Waals surface area contributed by atoms with E-state index in [9.17, 15) is 4.79 Å². The predicted molar refractivity (Wildman–Crippen MR) is 85.1 cm³/mol. The number of hydrogen-bond donors (Lipinski definition) is 3. The van der Waals surface area contributed by atoms with Gasteiger partial charge in [0.25, 0.3) is 0 Å². The van der Waals surface area contributed by atoms with Crippen LogP contribution < -0.4 is 16.6 Å². The summed E-state index contributed by atoms with van der Waals surface area (Å²) in [4.78, 5) is 24.4. The number of nitrogens with zero attached hydrogens (tertiary/aromatic N) is 3. The summed E-state index contributed by atoms with van der Waals surface area (Å²) in [6.07, 6.45) is 0. The van der Waals surface area contributed by atoms with Gasteiger partial charge in [-0.05, 0) is 26.5 Å². The average Bonchev–Trinajstić information content (AvgIpc) is 2.72. The van der Waals surface area contributed by atoms with Crippen LogP contribution in [0.15, 0.2) is 0 Å². The van der Waals surface area contributed by atoms with Gasteiger partial charge < -0.3 is 10.7 Å². The van der Waals surface area contributed by atoms with Crippen LogP contribution >= 0.6 is 11.3 Å². The summed E-state index contributed by atoms with van der Waals surface area (Å²) < 4.78 is 0. The van der Waals surface area contributed by atoms with Gasteiger partial charge >= 0.3 is 0 Å². The summed E-state index contributed by atoms with van der Waals surface area (Å²) in [7, 11) is 3.47. The Morgan fingerprint density at radius 2 is 2.10 bits per heavy atom. The number of hydrogen-bond acceptors (Lipinski definition) is 7. The number of nitrogens with one attached hydrogen (secondary N) is 2. The molecule has 0 aliphatic heterocycles. The Hall–Kier alpha value is -1.77. The van der Waals surface area contributed by atoms with Gasteiger partial charge in [-0.15, -0.1) is 11.3 Å². The Bertz CT molecular complexity index is 668. The van der Waals surface area contributed by atoms with E-state index in [4.69, 9.17) is 5.84 Å². The van der Waals surface area contributed by atoms with E-state index in [0.29, 0.717) is 24.7 Å². The van der Waals surface area contributed by atoms with E-state index in [2.05, 4.69) is 27.6 Å². The largest absolute Gasteiger partial charge is 0.358 e. The molecule has 0 saturated heterocycles. The molecule has 2 aromatic rings. The molecule has 21 heavy (non-hydrogen) atoms. The number of anilines is 1. The predicted octanol–water partition coefficient (Wildman–Crippen LogP) is 0.772. The molecule has 2 heterocycles. The standard InChI is InChI=1S/C13H20N6OS/c1-7-8(2)21-13-11(7)12(18-14)16-9(17-13)5-19(4)6-10(20)15-3/h5-6,14H2,1-4H3,(H,15,20)(H,16,17,18). The first-order valence-corrected chi connectivity index (χ1v) is 7.40. The molecule has 0 aliphatic rings. The second-order valence-electron chi connectivity index (χ2n) is 4.94. The number of amides is 1. The first-order chi connectivity index (χ1) is 9.96. The molecule has 2 rings (SSSR count). The van der Waals surface area contributed by atoms with Gasteiger partial charge in [0.2, 0.25) is 5.91 Å². The minimum atomic E-state index is -0.0430. The molecule has 4 N–H and O–H groups in total. The van der Waals surface area contributed by atoms with Crippen LogP contribution in [0.5, 0.6) is 0 Å². The molecule has 0 unspecified atom stereocenters. The highest BCUT2D eigenvalue weighted by atomic mass is 32.1. The zero-order valence-electron chi connectivity index (χ0n) is 12.6. The lowest BCUT2D eigenvalue weighted by atomic mass is 10.2. The highest BCUT2D eigenvalue weighted by molar-refractivity contribution is 7.18. The van der Waals surface area contributed by atoms with Crippen molar-refractivity contribution >= 4 is 33.3 Å². The van der Waals surface area contributed by atoms with E-state index in [1.54, 1.807) is 18.4 Å². The summed E-state index contributed by atoms with van der Waals surface area (Å²) in [5, 5.41) is 3.56. The summed E-state index contributed by atoms with van der Waals surface area (Å²) >= 11 is 1.62. The van der Waals surface area contributed by atoms with Crippen LogP contribution in [0.3, 0.4) is 0 Å². The summed E-state index contributed by atoms with van der Waals surface area (Å²) in [6, 6.07) is 0. The van der Waals surface area contributed by atoms with E-state index >= 15 is 0 Å². The van der Waals surface area contributed by atoms with Gasteiger partial charge in [0.1, 0.15) is 10.7 Å². The van der Waals surface area contributed by atoms with Crippen molar-refractivity contribution in [2.45, 2.75) is 20.4 Å². The number of nitrogens with two attached hydrogens (primary N) is 1. The molecule has 0 saturated carbocycles. The van der Waals surface area contributed by atoms with Gasteiger partial charge in [-0.2, -0.15) is 0 Å². The molecule has 0 spiro atoms. The molecule has 0 aliphatic carbocycles. The molecule has 114 valence electrons. The molecule has 0 aromatic carbocycles. The topological polar surface area (TPSA) is 96.2 Å². The maximum Gasteiger partial charge on any atom is 0.233 e. The second kappa shape index (κ2) is 6.33. The normalized spacial score (nSPS) is 11.1. The zero-order valence-corrected chi connectivity index (χ0v) is 13.5. The van der Waals surface area contributed by atoms with Crippen LogP contribution in [0.25, 0.3) is 10.2 Å². The number of rotatable bonds is 5. The summed E-state index contributed by atoms with van der Waals surface area (Å²) in [6.45, 7) is 4.87. The molecular weight excluding hydrogens is 288 g/mol. The number of aromatic nitrogens is 2. The van der Waals surface area contributed by atoms with E-state index in [1.165, 1.54) is 4.88 Å². The summed E-state index contributed by atoms with van der Waals surface area (Å²) in [5.41, 5.74) is 3.79. The lowest BCUT2D eigenvalue weighted by Gasteiger charge is -2.15. The molecule has 0 fully saturated rings. The zero-order chi connectivity index (χ0) is 15.6. The fraction of sp³-hybridized carbons (Fsp3) is 0.462. The Balaban J connectivity index is 2.31. The quantitative estimate of drug-likeness (QED) is 0.558. The fourth-order valence-electron chi connectivity index (χ4n) is 2.09. The van der Waals surface area contributed by atoms with Crippen molar-refractivity contribution in [3.05, 3.63) is 16.3 Å². The lowest BCUT2D eigenvalue weighted by molar-refractivity contribution is -0.121. The van der Waals surface area contributed by atoms with Gasteiger partial charge in [0.15, 0.2) is 5.82 Å². The SMILES string of the molecule is CNC(=O)CN(C)Cc1nc(NN)c2c(C)c(C)sc2n1. The van der Waals surface area contributed by atoms with E-state index < -0.39 is 0 Å². The first kappa shape index (κ1) is 15.6. The third kappa shape index (κ3) is 3.29. The maximum absolute atomic E-state index is 11.4. The first-order valence-electron chi connectivity index (χ1n) is 6.58. The number of nitrogen functional groups attached to an aromatic ring is 1. The molecule has 0 radical (unpaired) electrons. The Morgan fingerprint density at radius 1 is 1.38 bits per heavy atom. The van der Waals surface area contributed by atoms with Crippen molar-refractivity contribution in [3.8, 4) is 0 Å². The van der Waals surface area contributed by atoms with Crippen LogP contribution in [-0.2, 0) is 11.3 Å². The Kier molecular flexibility index (Phi) is 4.71. The van der Waals surface area contributed by atoms with Gasteiger partial charge in [-0.3, -0.25) is 9.69 Å². The van der Waals surface area contributed by atoms with Gasteiger partial charge in [-0.25, -0.2) is 15.8 Å². The third-order valence-electron chi connectivity index (χ3n) is 3.32. The van der Waals surface area contributed by atoms with Crippen molar-refractivity contribution in [3.63, 3.8) is 0 Å². The monoisotopic (exact) mass is 308 g/mol. The van der Waals surface area contributed by atoms with E-state index in [1.807, 2.05) is 18.9 Å². The molecule has 7 nitrogen and oxygen atoms in total. The number of carbonyl (C=O) groups is 1. The van der Waals surface area contributed by atoms with E-state index in [0.717, 1.165) is 15.8 Å². The van der Waals surface area contributed by atoms with Crippen LogP contribution in [0.4, 0.5) is 5.82 Å². The second-order valence-corrected chi connectivity index (χ2v) is 6.14. The highest BCUT2D eigenvalue weighted by Crippen LogP contribution is 2.32. The number of aryl methyl sites for hydroxylation is 2. The molecule has 8 heteroatoms. The Labute approximate surface area is 127 Å². The van der Waals surface area contributed by atoms with Crippen LogP contribution in [0.2, 0.25) is 0 Å². The maximum atomic E-state index is 11.4. The van der Waals surface area contributed by atoms with E-state index in [-0.39, 0.29) is 5.91 Å². The van der Waals surface area contributed by atoms with Crippen molar-refractivity contribution in [2.24, 2.45) is 5.84 Å². The molecule has 1 amide bonds. The van der Waals surface area contributed by atoms with Crippen molar-refractivity contribution in [2.75, 3.05) is 26.1 Å². The van der Waals surface area contributed by atoms with Crippen LogP contribution in [-0.4, -0.2) is 41.4 Å². The number of thiophene rings is 1. The average molecular weight is 308 g/mol. The van der Waals surface area contributed by atoms with Crippen molar-refractivity contribution in [1.29, 1.82) is 0 Å². The van der Waals surface area contributed by atoms with Gasteiger partial charge in [0, 0.05) is 11.9 Å². The number of carbonyl (C=O) groups excluding carboxylic acids is 1. The minimum Gasteiger partial charge on any atom is -0.358 e. The lowest BCUT2D eigenvalue weighted by Crippen LogP contribution is -2.33. The van der Waals surface area contributed by atoms with Crippen LogP contribution in [0, 0.1) is 13.8 Å². The van der Waals surface area contributed by atoms with Gasteiger partial charge in [0.05, 0.1) is 18.5 Å². The number of hydrazine groups is 1. The summed E-state index contributed by atoms with van der Waals surface area (Å²) in [5.74, 6) is 6.81. The number of likely N-dealkylation sites (N-methyl/N-ethyl adjacent to an activating group) is 2. The van der Waals surface area contributed by atoms with Crippen molar-refractivity contribution < 1.29 is 4.79 Å². The number of fused-ring (bicyclic) bond motifs is 1. The smallest absolute Gasteiger partial charge is 0.233 e. The minimum absolute atomic E-state index is 0.0430. The van der Waals surface area contributed by atoms with Crippen molar-refractivity contribution in [1.82, 2.24) is 20.2 Å². The highest BCUT2D eigenvalue weighted by Gasteiger charge is 2.15. The van der Waals surface area contributed by atoms with Crippen LogP contribution in [0.1, 0.15) is 16.3 Å². The third-order valence-corrected chi connectivity index (χ3v) is 4.42. The molecule has 0 atom stereocenters. The molecular formula is C13H20N6OS. The molecule has 2 aromatic heterocycles. The van der Waals surface area contributed by atoms with Gasteiger partial charge in [-0.1, -0.05) is 0 Å². The fourth-order valence-corrected chi connectivity index (χ4v) is 3.14. The Morgan fingerprint density at radius 3 is 2.71 bits per heavy atom. The molecule has 0 bridgehead atoms.